The Morgan fingerprint density at radius 2 is 1.78 bits per heavy atom. The summed E-state index contributed by atoms with van der Waals surface area (Å²) in [7, 11) is 0. The number of amides is 1. The van der Waals surface area contributed by atoms with Gasteiger partial charge in [-0.1, -0.05) is 23.8 Å². The molecule has 1 amide bonds. The molecule has 0 heterocycles. The maximum Gasteiger partial charge on any atom is 1.00 e. The van der Waals surface area contributed by atoms with Gasteiger partial charge in [-0.15, -0.1) is 16.8 Å². The van der Waals surface area contributed by atoms with Crippen molar-refractivity contribution in [3.8, 4) is 0 Å². The molecule has 2 aliphatic carbocycles. The van der Waals surface area contributed by atoms with Crippen molar-refractivity contribution in [2.45, 2.75) is 51.4 Å². The number of aliphatic imine (C=N–C) groups is 2. The summed E-state index contributed by atoms with van der Waals surface area (Å²) in [6.45, 7) is 6.59. The second-order valence-corrected chi connectivity index (χ2v) is 6.24. The number of anilines is 1. The van der Waals surface area contributed by atoms with Crippen molar-refractivity contribution in [1.82, 2.24) is 0 Å². The summed E-state index contributed by atoms with van der Waals surface area (Å²) in [6.07, 6.45) is 10.5. The van der Waals surface area contributed by atoms with E-state index in [1.54, 1.807) is 0 Å². The van der Waals surface area contributed by atoms with Gasteiger partial charge in [0.2, 0.25) is 0 Å². The number of carboxylic acid groups (broad SMARTS) is 1. The van der Waals surface area contributed by atoms with E-state index >= 15 is 0 Å². The molecule has 1 radical (unpaired) electrons. The van der Waals surface area contributed by atoms with Gasteiger partial charge in [-0.25, -0.2) is 9.98 Å². The predicted molar refractivity (Wildman–Crippen MR) is 104 cm³/mol. The molecule has 27 heavy (non-hydrogen) atoms. The number of rotatable bonds is 6. The summed E-state index contributed by atoms with van der Waals surface area (Å²) in [5.41, 5.74) is 6.74. The Hall–Kier alpha value is -2.12. The minimum atomic E-state index is -0.870. The monoisotopic (exact) mass is 546 g/mol. The van der Waals surface area contributed by atoms with Crippen LogP contribution in [0.25, 0.3) is 0 Å². The first kappa shape index (κ1) is 22.9. The van der Waals surface area contributed by atoms with Gasteiger partial charge in [0, 0.05) is 12.6 Å². The molecule has 7 heteroatoms. The molecule has 0 bridgehead atoms. The van der Waals surface area contributed by atoms with E-state index in [-0.39, 0.29) is 26.2 Å². The smallest absolute Gasteiger partial charge is 0.490 e. The number of aliphatic carboxylic acids is 1. The Balaban J connectivity index is 0.000000276. The molecule has 0 unspecified atom stereocenters. The van der Waals surface area contributed by atoms with Crippen molar-refractivity contribution in [3.05, 3.63) is 41.1 Å². The molecule has 0 aromatic heterocycles. The van der Waals surface area contributed by atoms with Crippen molar-refractivity contribution in [2.75, 3.05) is 5.32 Å². The fourth-order valence-electron chi connectivity index (χ4n) is 3.53. The van der Waals surface area contributed by atoms with Crippen molar-refractivity contribution < 1.29 is 34.5 Å². The van der Waals surface area contributed by atoms with Crippen LogP contribution in [0.1, 0.15) is 47.9 Å². The normalized spacial score (nSPS) is 14.0. The van der Waals surface area contributed by atoms with E-state index in [4.69, 9.17) is 5.11 Å². The van der Waals surface area contributed by atoms with E-state index in [0.29, 0.717) is 12.3 Å². The number of carbonyl (C=O) groups excluding carboxylic acids is 1. The Morgan fingerprint density at radius 3 is 2.22 bits per heavy atom. The maximum atomic E-state index is 10.5. The number of aryl methyl sites for hydroxylation is 2. The van der Waals surface area contributed by atoms with Crippen LogP contribution >= 0.6 is 0 Å². The molecule has 0 saturated carbocycles. The third kappa shape index (κ3) is 6.22. The second-order valence-electron chi connectivity index (χ2n) is 6.24. The number of hydrogen-bond donors (Lipinski definition) is 2. The first-order valence-electron chi connectivity index (χ1n) is 8.76. The topological polar surface area (TPSA) is 91.1 Å². The molecule has 2 N–H and O–H groups in total. The Morgan fingerprint density at radius 1 is 1.19 bits per heavy atom. The summed E-state index contributed by atoms with van der Waals surface area (Å²) < 4.78 is 0. The summed E-state index contributed by atoms with van der Waals surface area (Å²) in [6, 6.07) is 2.36. The van der Waals surface area contributed by atoms with E-state index in [1.807, 2.05) is 6.41 Å². The fourth-order valence-corrected chi connectivity index (χ4v) is 3.53. The van der Waals surface area contributed by atoms with Crippen LogP contribution < -0.4 is 5.32 Å². The van der Waals surface area contributed by atoms with Gasteiger partial charge in [0.15, 0.2) is 0 Å². The molecule has 1 aromatic carbocycles. The molecule has 0 fully saturated rings. The van der Waals surface area contributed by atoms with Crippen LogP contribution in [0, 0.1) is 0 Å². The van der Waals surface area contributed by atoms with Crippen LogP contribution in [0.15, 0.2) is 28.8 Å². The van der Waals surface area contributed by atoms with Crippen LogP contribution in [0.2, 0.25) is 0 Å². The van der Waals surface area contributed by atoms with Crippen LogP contribution in [0.3, 0.4) is 0 Å². The predicted octanol–water partition coefficient (Wildman–Crippen LogP) is 3.23. The largest absolute Gasteiger partial charge is 1.00 e. The van der Waals surface area contributed by atoms with E-state index in [1.165, 1.54) is 54.1 Å². The van der Waals surface area contributed by atoms with Crippen LogP contribution in [0.4, 0.5) is 5.69 Å². The Bertz CT molecular complexity index is 712. The summed E-state index contributed by atoms with van der Waals surface area (Å²) in [4.78, 5) is 27.8. The van der Waals surface area contributed by atoms with Crippen molar-refractivity contribution in [1.29, 1.82) is 0 Å². The molecular weight excluding hydrogens is 520 g/mol. The third-order valence-electron chi connectivity index (χ3n) is 4.63. The second kappa shape index (κ2) is 11.6. The van der Waals surface area contributed by atoms with Crippen LogP contribution in [-0.4, -0.2) is 30.0 Å². The third-order valence-corrected chi connectivity index (χ3v) is 4.63. The number of carbonyl (C=O) groups is 1. The molecule has 0 aliphatic heterocycles. The number of hydrogen-bond acceptors (Lipinski definition) is 3. The van der Waals surface area contributed by atoms with Gasteiger partial charge in [0.25, 0.3) is 0 Å². The number of amidine groups is 1. The molecule has 1 aromatic rings. The first-order valence-corrected chi connectivity index (χ1v) is 8.76. The quantitative estimate of drug-likeness (QED) is 0.249. The van der Waals surface area contributed by atoms with E-state index in [9.17, 15) is 9.59 Å². The Labute approximate surface area is 172 Å². The van der Waals surface area contributed by atoms with Gasteiger partial charge in [0.05, 0.1) is 12.8 Å². The Kier molecular flexibility index (Phi) is 9.81. The average molecular weight is 545 g/mol. The van der Waals surface area contributed by atoms with Crippen molar-refractivity contribution in [3.63, 3.8) is 0 Å². The zero-order valence-corrected chi connectivity index (χ0v) is 17.8. The minimum absolute atomic E-state index is 0. The molecule has 145 valence electrons. The fraction of sp³-hybridized carbons (Fsp3) is 0.400. The molecule has 6 nitrogen and oxygen atoms in total. The molecule has 0 spiro atoms. The van der Waals surface area contributed by atoms with Crippen molar-refractivity contribution >= 4 is 30.6 Å². The van der Waals surface area contributed by atoms with Crippen LogP contribution in [-0.2, 0) is 55.1 Å². The molecule has 0 atom stereocenters. The van der Waals surface area contributed by atoms with Gasteiger partial charge in [-0.05, 0) is 45.2 Å². The zero-order valence-electron chi connectivity index (χ0n) is 15.2. The van der Waals surface area contributed by atoms with E-state index < -0.39 is 5.97 Å². The molecular formula is C20H24N3O3Os. The van der Waals surface area contributed by atoms with Gasteiger partial charge >= 0.3 is 25.8 Å². The summed E-state index contributed by atoms with van der Waals surface area (Å²) in [5, 5.41) is 11.1. The van der Waals surface area contributed by atoms with Crippen LogP contribution in [0.5, 0.6) is 0 Å². The maximum absolute atomic E-state index is 10.5. The standard InChI is InChI=1S/C13H14NO.C7H10N2O2.Os/c15-8-14-13-11-5-1-3-9(11)7-10-4-2-6-12(10)13;1-3-9-6(8-2)4-5-7(10)11;/h7H,1-6H2,(H,14,15);3H,1-2,4-5H2,(H,10,11);/q-1;;+1. The van der Waals surface area contributed by atoms with E-state index in [2.05, 4.69) is 34.7 Å². The average Bonchev–Trinajstić information content (AvgIpc) is 3.28. The number of nitrogens with one attached hydrogen (secondary N) is 1. The van der Waals surface area contributed by atoms with Gasteiger partial charge in [-0.2, -0.15) is 0 Å². The van der Waals surface area contributed by atoms with Gasteiger partial charge in [0.1, 0.15) is 5.84 Å². The number of nitrogens with zero attached hydrogens (tertiary/aromatic N) is 2. The van der Waals surface area contributed by atoms with Gasteiger partial charge < -0.3 is 15.2 Å². The molecule has 0 saturated heterocycles. The van der Waals surface area contributed by atoms with Crippen molar-refractivity contribution in [2.24, 2.45) is 9.98 Å². The van der Waals surface area contributed by atoms with Gasteiger partial charge in [-0.3, -0.25) is 4.79 Å². The number of carboxylic acids is 1. The number of benzene rings is 1. The zero-order chi connectivity index (χ0) is 18.9. The summed E-state index contributed by atoms with van der Waals surface area (Å²) >= 11 is 0. The minimum Gasteiger partial charge on any atom is -0.490 e. The first-order chi connectivity index (χ1) is 12.6. The van der Waals surface area contributed by atoms with E-state index in [0.717, 1.165) is 18.5 Å². The number of fused-ring (bicyclic) bond motifs is 2. The molecule has 2 aliphatic rings. The molecule has 3 rings (SSSR count). The SMILES string of the molecule is C=CN=C(CCC(=O)O)N=C.O=[C-]Nc1c2c(cc3c1CCC3)CCC2.[Os+]. The summed E-state index contributed by atoms with van der Waals surface area (Å²) in [5.74, 6) is -0.465.